The summed E-state index contributed by atoms with van der Waals surface area (Å²) in [6.45, 7) is 2.88. The lowest BCUT2D eigenvalue weighted by molar-refractivity contribution is 0.232. The Morgan fingerprint density at radius 3 is 2.25 bits per heavy atom. The van der Waals surface area contributed by atoms with Gasteiger partial charge in [0, 0.05) is 12.6 Å². The van der Waals surface area contributed by atoms with Crippen LogP contribution >= 0.6 is 0 Å². The summed E-state index contributed by atoms with van der Waals surface area (Å²) < 4.78 is 27.8. The third kappa shape index (κ3) is 2.90. The Morgan fingerprint density at radius 2 is 1.55 bits per heavy atom. The molecule has 0 aromatic heterocycles. The van der Waals surface area contributed by atoms with Crippen molar-refractivity contribution in [2.75, 3.05) is 19.6 Å². The lowest BCUT2D eigenvalue weighted by Gasteiger charge is -2.36. The van der Waals surface area contributed by atoms with E-state index in [9.17, 15) is 8.42 Å². The van der Waals surface area contributed by atoms with Gasteiger partial charge in [0.2, 0.25) is 10.0 Å². The van der Waals surface area contributed by atoms with E-state index in [-0.39, 0.29) is 5.25 Å². The molecular weight excluding hydrogens is 272 g/mol. The van der Waals surface area contributed by atoms with Crippen LogP contribution in [-0.4, -0.2) is 43.6 Å². The van der Waals surface area contributed by atoms with E-state index >= 15 is 0 Å². The molecule has 1 N–H and O–H groups in total. The van der Waals surface area contributed by atoms with Crippen LogP contribution in [-0.2, 0) is 10.0 Å². The second kappa shape index (κ2) is 6.32. The van der Waals surface area contributed by atoms with E-state index in [4.69, 9.17) is 0 Å². The highest BCUT2D eigenvalue weighted by atomic mass is 32.2. The first-order chi connectivity index (χ1) is 9.69. The summed E-state index contributed by atoms with van der Waals surface area (Å²) in [4.78, 5) is 0. The van der Waals surface area contributed by atoms with Crippen molar-refractivity contribution in [1.29, 1.82) is 0 Å². The number of rotatable bonds is 3. The van der Waals surface area contributed by atoms with E-state index < -0.39 is 10.0 Å². The summed E-state index contributed by atoms with van der Waals surface area (Å²) in [5.41, 5.74) is 0. The van der Waals surface area contributed by atoms with E-state index in [1.807, 2.05) is 4.31 Å². The zero-order valence-corrected chi connectivity index (χ0v) is 13.2. The predicted octanol–water partition coefficient (Wildman–Crippen LogP) is 2.11. The maximum absolute atomic E-state index is 13.0. The molecule has 0 spiro atoms. The fourth-order valence-electron chi connectivity index (χ4n) is 4.34. The molecule has 20 heavy (non-hydrogen) atoms. The van der Waals surface area contributed by atoms with Gasteiger partial charge in [-0.3, -0.25) is 0 Å². The topological polar surface area (TPSA) is 49.4 Å². The molecular formula is C15H28N2O2S. The first-order valence-corrected chi connectivity index (χ1v) is 9.91. The van der Waals surface area contributed by atoms with Crippen LogP contribution in [0.2, 0.25) is 0 Å². The zero-order valence-electron chi connectivity index (χ0n) is 12.4. The van der Waals surface area contributed by atoms with Crippen LogP contribution in [0.5, 0.6) is 0 Å². The Balaban J connectivity index is 1.73. The molecule has 2 saturated heterocycles. The van der Waals surface area contributed by atoms with E-state index in [1.54, 1.807) is 0 Å². The maximum atomic E-state index is 13.0. The number of nitrogens with zero attached hydrogens (tertiary/aromatic N) is 1. The molecule has 0 aromatic carbocycles. The largest absolute Gasteiger partial charge is 0.317 e. The summed E-state index contributed by atoms with van der Waals surface area (Å²) in [6, 6.07) is 0.295. The van der Waals surface area contributed by atoms with E-state index in [0.29, 0.717) is 12.0 Å². The summed E-state index contributed by atoms with van der Waals surface area (Å²) in [6.07, 6.45) is 9.59. The molecule has 3 fully saturated rings. The van der Waals surface area contributed by atoms with Gasteiger partial charge in [-0.2, -0.15) is 4.31 Å². The Labute approximate surface area is 123 Å². The molecule has 2 heterocycles. The van der Waals surface area contributed by atoms with Crippen molar-refractivity contribution in [1.82, 2.24) is 9.62 Å². The Kier molecular flexibility index (Phi) is 4.68. The number of hydrogen-bond donors (Lipinski definition) is 1. The summed E-state index contributed by atoms with van der Waals surface area (Å²) >= 11 is 0. The summed E-state index contributed by atoms with van der Waals surface area (Å²) in [5, 5.41) is 3.30. The second-order valence-electron chi connectivity index (χ2n) is 6.71. The molecule has 1 atom stereocenters. The molecule has 1 unspecified atom stereocenters. The van der Waals surface area contributed by atoms with Gasteiger partial charge < -0.3 is 5.32 Å². The van der Waals surface area contributed by atoms with Crippen LogP contribution in [0.1, 0.15) is 57.8 Å². The standard InChI is InChI=1S/C15H28N2O2S/c18-20(19,14-5-2-1-3-6-14)17-12-4-7-15(17)13-8-10-16-11-9-13/h13-16H,1-12H2. The lowest BCUT2D eigenvalue weighted by Crippen LogP contribution is -2.47. The molecule has 0 bridgehead atoms. The molecule has 0 aromatic rings. The molecule has 3 aliphatic rings. The molecule has 1 aliphatic carbocycles. The van der Waals surface area contributed by atoms with Gasteiger partial charge in [0.15, 0.2) is 0 Å². The van der Waals surface area contributed by atoms with Crippen molar-refractivity contribution in [3.63, 3.8) is 0 Å². The van der Waals surface area contributed by atoms with Crippen LogP contribution in [0.25, 0.3) is 0 Å². The first kappa shape index (κ1) is 14.8. The lowest BCUT2D eigenvalue weighted by atomic mass is 9.89. The average molecular weight is 300 g/mol. The minimum atomic E-state index is -3.05. The number of hydrogen-bond acceptors (Lipinski definition) is 3. The fourth-order valence-corrected chi connectivity index (χ4v) is 6.69. The third-order valence-electron chi connectivity index (χ3n) is 5.48. The van der Waals surface area contributed by atoms with Gasteiger partial charge in [-0.25, -0.2) is 8.42 Å². The van der Waals surface area contributed by atoms with Crippen molar-refractivity contribution in [3.05, 3.63) is 0 Å². The molecule has 116 valence electrons. The first-order valence-electron chi connectivity index (χ1n) is 8.41. The summed E-state index contributed by atoms with van der Waals surface area (Å²) in [7, 11) is -3.05. The fraction of sp³-hybridized carbons (Fsp3) is 1.00. The Morgan fingerprint density at radius 1 is 0.850 bits per heavy atom. The normalized spacial score (nSPS) is 31.7. The van der Waals surface area contributed by atoms with Gasteiger partial charge in [0.1, 0.15) is 0 Å². The molecule has 3 rings (SSSR count). The van der Waals surface area contributed by atoms with Gasteiger partial charge in [0.25, 0.3) is 0 Å². The molecule has 0 amide bonds. The van der Waals surface area contributed by atoms with E-state index in [1.165, 1.54) is 6.42 Å². The van der Waals surface area contributed by atoms with Crippen LogP contribution in [0.15, 0.2) is 0 Å². The third-order valence-corrected chi connectivity index (χ3v) is 7.90. The zero-order chi connectivity index (χ0) is 14.0. The van der Waals surface area contributed by atoms with E-state index in [0.717, 1.165) is 71.0 Å². The molecule has 0 radical (unpaired) electrons. The van der Waals surface area contributed by atoms with Crippen molar-refractivity contribution in [3.8, 4) is 0 Å². The highest BCUT2D eigenvalue weighted by molar-refractivity contribution is 7.89. The van der Waals surface area contributed by atoms with Crippen molar-refractivity contribution < 1.29 is 8.42 Å². The SMILES string of the molecule is O=S(=O)(C1CCCCC1)N1CCCC1C1CCNCC1. The number of nitrogens with one attached hydrogen (secondary N) is 1. The van der Waals surface area contributed by atoms with Crippen LogP contribution < -0.4 is 5.32 Å². The summed E-state index contributed by atoms with van der Waals surface area (Å²) in [5.74, 6) is 0.581. The highest BCUT2D eigenvalue weighted by Crippen LogP contribution is 2.35. The molecule has 2 aliphatic heterocycles. The monoisotopic (exact) mass is 300 g/mol. The van der Waals surface area contributed by atoms with Crippen molar-refractivity contribution in [2.24, 2.45) is 5.92 Å². The van der Waals surface area contributed by atoms with Crippen LogP contribution in [0, 0.1) is 5.92 Å². The van der Waals surface area contributed by atoms with Gasteiger partial charge in [-0.1, -0.05) is 19.3 Å². The Bertz CT molecular complexity index is 412. The predicted molar refractivity (Wildman–Crippen MR) is 81.1 cm³/mol. The molecule has 5 heteroatoms. The maximum Gasteiger partial charge on any atom is 0.217 e. The van der Waals surface area contributed by atoms with Crippen molar-refractivity contribution in [2.45, 2.75) is 69.1 Å². The van der Waals surface area contributed by atoms with Crippen LogP contribution in [0.4, 0.5) is 0 Å². The minimum absolute atomic E-state index is 0.0847. The molecule has 1 saturated carbocycles. The quantitative estimate of drug-likeness (QED) is 0.868. The number of piperidine rings is 1. The van der Waals surface area contributed by atoms with E-state index in [2.05, 4.69) is 5.32 Å². The molecule has 4 nitrogen and oxygen atoms in total. The second-order valence-corrected chi connectivity index (χ2v) is 8.88. The Hall–Kier alpha value is -0.130. The van der Waals surface area contributed by atoms with Crippen LogP contribution in [0.3, 0.4) is 0 Å². The average Bonchev–Trinajstić information content (AvgIpc) is 2.99. The van der Waals surface area contributed by atoms with Gasteiger partial charge in [-0.05, 0) is 57.5 Å². The smallest absolute Gasteiger partial charge is 0.217 e. The highest BCUT2D eigenvalue weighted by Gasteiger charge is 2.42. The van der Waals surface area contributed by atoms with Gasteiger partial charge in [0.05, 0.1) is 5.25 Å². The minimum Gasteiger partial charge on any atom is -0.317 e. The van der Waals surface area contributed by atoms with Gasteiger partial charge >= 0.3 is 0 Å². The number of sulfonamides is 1. The van der Waals surface area contributed by atoms with Crippen molar-refractivity contribution >= 4 is 10.0 Å². The van der Waals surface area contributed by atoms with Gasteiger partial charge in [-0.15, -0.1) is 0 Å².